The van der Waals surface area contributed by atoms with Crippen molar-refractivity contribution in [3.05, 3.63) is 41.9 Å². The molecule has 1 aliphatic rings. The van der Waals surface area contributed by atoms with Crippen LogP contribution in [0.2, 0.25) is 0 Å². The Balaban J connectivity index is 2.01. The molecule has 1 aromatic carbocycles. The van der Waals surface area contributed by atoms with Crippen LogP contribution in [0.4, 0.5) is 0 Å². The number of aromatic amines is 1. The predicted octanol–water partition coefficient (Wildman–Crippen LogP) is 3.11. The SMILES string of the molecule is Cc1[nH]c(C2(N)CCCC2)nc1-c1ccccc1. The standard InChI is InChI=1S/C15H19N3/c1-11-13(12-7-3-2-4-8-12)18-14(17-11)15(16)9-5-6-10-15/h2-4,7-8H,5-6,9-10,16H2,1H3,(H,17,18). The first-order chi connectivity index (χ1) is 8.69. The third-order valence-electron chi connectivity index (χ3n) is 3.90. The van der Waals surface area contributed by atoms with Crippen molar-refractivity contribution in [1.29, 1.82) is 0 Å². The molecule has 2 aromatic rings. The minimum atomic E-state index is -0.238. The van der Waals surface area contributed by atoms with Gasteiger partial charge in [-0.1, -0.05) is 43.2 Å². The van der Waals surface area contributed by atoms with Gasteiger partial charge >= 0.3 is 0 Å². The van der Waals surface area contributed by atoms with E-state index in [0.29, 0.717) is 0 Å². The molecule has 0 unspecified atom stereocenters. The van der Waals surface area contributed by atoms with Gasteiger partial charge in [0.2, 0.25) is 0 Å². The fourth-order valence-electron chi connectivity index (χ4n) is 2.82. The van der Waals surface area contributed by atoms with E-state index < -0.39 is 0 Å². The lowest BCUT2D eigenvalue weighted by atomic mass is 9.99. The van der Waals surface area contributed by atoms with Crippen LogP contribution in [0.15, 0.2) is 30.3 Å². The van der Waals surface area contributed by atoms with Gasteiger partial charge < -0.3 is 10.7 Å². The number of nitrogens with zero attached hydrogens (tertiary/aromatic N) is 1. The van der Waals surface area contributed by atoms with Gasteiger partial charge in [0.25, 0.3) is 0 Å². The molecule has 0 amide bonds. The average Bonchev–Trinajstić information content (AvgIpc) is 2.98. The molecular formula is C15H19N3. The molecule has 3 nitrogen and oxygen atoms in total. The van der Waals surface area contributed by atoms with Gasteiger partial charge in [0, 0.05) is 11.3 Å². The summed E-state index contributed by atoms with van der Waals surface area (Å²) in [4.78, 5) is 8.14. The highest BCUT2D eigenvalue weighted by molar-refractivity contribution is 5.61. The summed E-state index contributed by atoms with van der Waals surface area (Å²) in [5.41, 5.74) is 9.50. The Bertz CT molecular complexity index is 536. The summed E-state index contributed by atoms with van der Waals surface area (Å²) in [5.74, 6) is 0.955. The summed E-state index contributed by atoms with van der Waals surface area (Å²) in [6.45, 7) is 2.07. The van der Waals surface area contributed by atoms with Crippen LogP contribution < -0.4 is 5.73 Å². The Hall–Kier alpha value is -1.61. The zero-order valence-electron chi connectivity index (χ0n) is 10.7. The minimum Gasteiger partial charge on any atom is -0.344 e. The number of hydrogen-bond acceptors (Lipinski definition) is 2. The summed E-state index contributed by atoms with van der Waals surface area (Å²) in [5, 5.41) is 0. The fraction of sp³-hybridized carbons (Fsp3) is 0.400. The number of aromatic nitrogens is 2. The summed E-state index contributed by atoms with van der Waals surface area (Å²) in [6, 6.07) is 10.3. The first kappa shape index (κ1) is 11.5. The number of aryl methyl sites for hydroxylation is 1. The number of rotatable bonds is 2. The van der Waals surface area contributed by atoms with E-state index in [1.807, 2.05) is 18.2 Å². The predicted molar refractivity (Wildman–Crippen MR) is 73.1 cm³/mol. The van der Waals surface area contributed by atoms with Crippen LogP contribution in [-0.4, -0.2) is 9.97 Å². The highest BCUT2D eigenvalue weighted by Crippen LogP contribution is 2.36. The Morgan fingerprint density at radius 2 is 1.83 bits per heavy atom. The van der Waals surface area contributed by atoms with Gasteiger partial charge in [0.1, 0.15) is 5.82 Å². The molecule has 0 radical (unpaired) electrons. The molecule has 1 aromatic heterocycles. The van der Waals surface area contributed by atoms with Crippen molar-refractivity contribution in [2.75, 3.05) is 0 Å². The van der Waals surface area contributed by atoms with E-state index in [2.05, 4.69) is 24.0 Å². The van der Waals surface area contributed by atoms with Crippen molar-refractivity contribution >= 4 is 0 Å². The number of nitrogens with one attached hydrogen (secondary N) is 1. The number of H-pyrrole nitrogens is 1. The number of nitrogens with two attached hydrogens (primary N) is 1. The van der Waals surface area contributed by atoms with Crippen molar-refractivity contribution in [3.8, 4) is 11.3 Å². The quantitative estimate of drug-likeness (QED) is 0.848. The van der Waals surface area contributed by atoms with Crippen molar-refractivity contribution in [2.45, 2.75) is 38.1 Å². The fourth-order valence-corrected chi connectivity index (χ4v) is 2.82. The summed E-state index contributed by atoms with van der Waals surface area (Å²) < 4.78 is 0. The molecule has 94 valence electrons. The molecule has 0 spiro atoms. The summed E-state index contributed by atoms with van der Waals surface area (Å²) >= 11 is 0. The van der Waals surface area contributed by atoms with Crippen LogP contribution >= 0.6 is 0 Å². The first-order valence-electron chi connectivity index (χ1n) is 6.60. The zero-order valence-corrected chi connectivity index (χ0v) is 10.7. The van der Waals surface area contributed by atoms with Gasteiger partial charge in [-0.3, -0.25) is 0 Å². The van der Waals surface area contributed by atoms with Crippen LogP contribution in [0.1, 0.15) is 37.2 Å². The molecule has 1 heterocycles. The van der Waals surface area contributed by atoms with Crippen molar-refractivity contribution in [1.82, 2.24) is 9.97 Å². The van der Waals surface area contributed by atoms with Crippen LogP contribution in [0, 0.1) is 6.92 Å². The third kappa shape index (κ3) is 1.85. The smallest absolute Gasteiger partial charge is 0.127 e. The van der Waals surface area contributed by atoms with Crippen molar-refractivity contribution in [2.24, 2.45) is 5.73 Å². The van der Waals surface area contributed by atoms with E-state index >= 15 is 0 Å². The lowest BCUT2D eigenvalue weighted by Crippen LogP contribution is -2.34. The molecule has 0 bridgehead atoms. The molecule has 18 heavy (non-hydrogen) atoms. The van der Waals surface area contributed by atoms with Gasteiger partial charge in [-0.15, -0.1) is 0 Å². The Kier molecular flexibility index (Phi) is 2.71. The lowest BCUT2D eigenvalue weighted by molar-refractivity contribution is 0.435. The van der Waals surface area contributed by atoms with Crippen LogP contribution in [-0.2, 0) is 5.54 Å². The normalized spacial score (nSPS) is 18.1. The second-order valence-corrected chi connectivity index (χ2v) is 5.29. The molecule has 1 aliphatic carbocycles. The molecule has 0 atom stereocenters. The zero-order chi connectivity index (χ0) is 12.6. The number of benzene rings is 1. The van der Waals surface area contributed by atoms with Gasteiger partial charge in [0.05, 0.1) is 11.2 Å². The van der Waals surface area contributed by atoms with Crippen LogP contribution in [0.3, 0.4) is 0 Å². The van der Waals surface area contributed by atoms with E-state index in [0.717, 1.165) is 35.6 Å². The molecule has 0 aliphatic heterocycles. The van der Waals surface area contributed by atoms with E-state index in [1.54, 1.807) is 0 Å². The largest absolute Gasteiger partial charge is 0.344 e. The molecule has 0 saturated heterocycles. The second kappa shape index (κ2) is 4.25. The molecule has 1 saturated carbocycles. The maximum absolute atomic E-state index is 6.45. The molecule has 3 heteroatoms. The first-order valence-corrected chi connectivity index (χ1v) is 6.60. The van der Waals surface area contributed by atoms with Gasteiger partial charge in [-0.25, -0.2) is 4.98 Å². The van der Waals surface area contributed by atoms with E-state index in [1.165, 1.54) is 12.8 Å². The van der Waals surface area contributed by atoms with Gasteiger partial charge in [-0.05, 0) is 19.8 Å². The molecular weight excluding hydrogens is 222 g/mol. The van der Waals surface area contributed by atoms with E-state index in [4.69, 9.17) is 10.7 Å². The van der Waals surface area contributed by atoms with E-state index in [9.17, 15) is 0 Å². The lowest BCUT2D eigenvalue weighted by Gasteiger charge is -2.20. The number of hydrogen-bond donors (Lipinski definition) is 2. The minimum absolute atomic E-state index is 0.238. The monoisotopic (exact) mass is 241 g/mol. The number of imidazole rings is 1. The average molecular weight is 241 g/mol. The van der Waals surface area contributed by atoms with Crippen LogP contribution in [0.25, 0.3) is 11.3 Å². The topological polar surface area (TPSA) is 54.7 Å². The van der Waals surface area contributed by atoms with Gasteiger partial charge in [0.15, 0.2) is 0 Å². The maximum Gasteiger partial charge on any atom is 0.127 e. The molecule has 1 fully saturated rings. The summed E-state index contributed by atoms with van der Waals surface area (Å²) in [7, 11) is 0. The van der Waals surface area contributed by atoms with E-state index in [-0.39, 0.29) is 5.54 Å². The summed E-state index contributed by atoms with van der Waals surface area (Å²) in [6.07, 6.45) is 4.48. The maximum atomic E-state index is 6.45. The van der Waals surface area contributed by atoms with Crippen molar-refractivity contribution < 1.29 is 0 Å². The van der Waals surface area contributed by atoms with Crippen molar-refractivity contribution in [3.63, 3.8) is 0 Å². The molecule has 3 N–H and O–H groups in total. The second-order valence-electron chi connectivity index (χ2n) is 5.29. The Labute approximate surface area is 107 Å². The Morgan fingerprint density at radius 1 is 1.17 bits per heavy atom. The third-order valence-corrected chi connectivity index (χ3v) is 3.90. The van der Waals surface area contributed by atoms with Gasteiger partial charge in [-0.2, -0.15) is 0 Å². The highest BCUT2D eigenvalue weighted by Gasteiger charge is 2.34. The highest BCUT2D eigenvalue weighted by atomic mass is 15.0. The van der Waals surface area contributed by atoms with Crippen LogP contribution in [0.5, 0.6) is 0 Å². The molecule has 3 rings (SSSR count). The Morgan fingerprint density at radius 3 is 2.50 bits per heavy atom.